The first kappa shape index (κ1) is 19.4. The molecule has 2 heteroatoms. The summed E-state index contributed by atoms with van der Waals surface area (Å²) in [5.41, 5.74) is 5.04. The third-order valence-electron chi connectivity index (χ3n) is 5.07. The molecule has 0 spiro atoms. The van der Waals surface area contributed by atoms with Gasteiger partial charge in [-0.05, 0) is 45.2 Å². The van der Waals surface area contributed by atoms with E-state index in [4.69, 9.17) is 0 Å². The van der Waals surface area contributed by atoms with Gasteiger partial charge in [-0.25, -0.2) is 0 Å². The van der Waals surface area contributed by atoms with Gasteiger partial charge in [-0.15, -0.1) is 0 Å². The smallest absolute Gasteiger partial charge is 0.0192 e. The van der Waals surface area contributed by atoms with Gasteiger partial charge in [0, 0.05) is 26.2 Å². The van der Waals surface area contributed by atoms with Gasteiger partial charge in [0.25, 0.3) is 0 Å². The highest BCUT2D eigenvalue weighted by atomic mass is 15.1. The normalized spacial score (nSPS) is 24.2. The van der Waals surface area contributed by atoms with E-state index < -0.39 is 0 Å². The molecule has 22 heavy (non-hydrogen) atoms. The van der Waals surface area contributed by atoms with Crippen LogP contribution >= 0.6 is 0 Å². The molecule has 0 saturated heterocycles. The van der Waals surface area contributed by atoms with E-state index in [1.54, 1.807) is 16.7 Å². The summed E-state index contributed by atoms with van der Waals surface area (Å²) >= 11 is 0. The number of nitrogens with zero attached hydrogens (tertiary/aromatic N) is 2. The second-order valence-corrected chi connectivity index (χ2v) is 7.38. The van der Waals surface area contributed by atoms with Crippen LogP contribution in [0.15, 0.2) is 22.8 Å². The van der Waals surface area contributed by atoms with Crippen LogP contribution in [-0.2, 0) is 0 Å². The Bertz CT molecular complexity index is 393. The molecular formula is C20H38N2. The Hall–Kier alpha value is -0.600. The van der Waals surface area contributed by atoms with Crippen LogP contribution in [-0.4, -0.2) is 50.1 Å². The molecule has 0 aromatic rings. The molecule has 0 bridgehead atoms. The van der Waals surface area contributed by atoms with Crippen molar-refractivity contribution in [3.8, 4) is 0 Å². The molecule has 0 N–H and O–H groups in total. The minimum absolute atomic E-state index is 0.735. The lowest BCUT2D eigenvalue weighted by atomic mass is 9.88. The Morgan fingerprint density at radius 3 is 2.23 bits per heavy atom. The van der Waals surface area contributed by atoms with Gasteiger partial charge in [0.05, 0.1) is 0 Å². The zero-order chi connectivity index (χ0) is 16.7. The quantitative estimate of drug-likeness (QED) is 0.704. The molecule has 0 aliphatic carbocycles. The van der Waals surface area contributed by atoms with Crippen LogP contribution in [0.4, 0.5) is 0 Å². The van der Waals surface area contributed by atoms with Gasteiger partial charge in [0.15, 0.2) is 0 Å². The van der Waals surface area contributed by atoms with Crippen LogP contribution in [0.25, 0.3) is 0 Å². The van der Waals surface area contributed by atoms with Crippen molar-refractivity contribution in [2.75, 3.05) is 40.3 Å². The highest BCUT2D eigenvalue weighted by Crippen LogP contribution is 2.23. The summed E-state index contributed by atoms with van der Waals surface area (Å²) in [5, 5.41) is 0. The van der Waals surface area contributed by atoms with Gasteiger partial charge >= 0.3 is 0 Å². The molecule has 2 aliphatic heterocycles. The Morgan fingerprint density at radius 1 is 1.09 bits per heavy atom. The van der Waals surface area contributed by atoms with E-state index in [0.717, 1.165) is 18.4 Å². The fourth-order valence-electron chi connectivity index (χ4n) is 3.72. The fourth-order valence-corrected chi connectivity index (χ4v) is 3.72. The van der Waals surface area contributed by atoms with Crippen LogP contribution in [0.5, 0.6) is 0 Å². The molecule has 128 valence electrons. The van der Waals surface area contributed by atoms with Crippen molar-refractivity contribution in [3.63, 3.8) is 0 Å². The minimum atomic E-state index is 0.735. The Balaban J connectivity index is 0.000000220. The summed E-state index contributed by atoms with van der Waals surface area (Å²) in [7, 11) is 4.40. The fraction of sp³-hybridized carbons (Fsp3) is 0.800. The molecular weight excluding hydrogens is 268 g/mol. The van der Waals surface area contributed by atoms with E-state index >= 15 is 0 Å². The Kier molecular flexibility index (Phi) is 8.41. The van der Waals surface area contributed by atoms with Crippen LogP contribution in [0.3, 0.4) is 0 Å². The number of hydrogen-bond acceptors (Lipinski definition) is 2. The molecule has 0 radical (unpaired) electrons. The summed E-state index contributed by atoms with van der Waals surface area (Å²) in [5.74, 6) is 1.49. The maximum Gasteiger partial charge on any atom is 0.0192 e. The molecule has 1 unspecified atom stereocenters. The summed E-state index contributed by atoms with van der Waals surface area (Å²) in [6, 6.07) is 0. The van der Waals surface area contributed by atoms with Gasteiger partial charge < -0.3 is 9.80 Å². The van der Waals surface area contributed by atoms with Crippen molar-refractivity contribution in [1.82, 2.24) is 9.80 Å². The highest BCUT2D eigenvalue weighted by molar-refractivity contribution is 5.18. The molecule has 0 saturated carbocycles. The summed E-state index contributed by atoms with van der Waals surface area (Å²) < 4.78 is 0. The van der Waals surface area contributed by atoms with Crippen molar-refractivity contribution < 1.29 is 0 Å². The van der Waals surface area contributed by atoms with Crippen molar-refractivity contribution in [3.05, 3.63) is 22.8 Å². The van der Waals surface area contributed by atoms with Gasteiger partial charge in [-0.1, -0.05) is 57.4 Å². The van der Waals surface area contributed by atoms with Gasteiger partial charge in [-0.2, -0.15) is 0 Å². The van der Waals surface area contributed by atoms with Gasteiger partial charge in [-0.3, -0.25) is 0 Å². The third-order valence-corrected chi connectivity index (χ3v) is 5.07. The Morgan fingerprint density at radius 2 is 1.73 bits per heavy atom. The molecule has 0 amide bonds. The SMILES string of the molecule is CC(C)C1=CCN(C)CC1C.CCC1=C(CC)CN(C)CC1. The monoisotopic (exact) mass is 306 g/mol. The zero-order valence-electron chi connectivity index (χ0n) is 16.1. The maximum atomic E-state index is 2.41. The van der Waals surface area contributed by atoms with Crippen LogP contribution in [0.2, 0.25) is 0 Å². The van der Waals surface area contributed by atoms with Gasteiger partial charge in [0.2, 0.25) is 0 Å². The predicted molar refractivity (Wildman–Crippen MR) is 99.3 cm³/mol. The Labute approximate surface area is 139 Å². The standard InChI is InChI=1S/2C10H19N/c1-8(2)10-5-6-11(4)7-9(10)3;1-4-9-6-7-11(3)8-10(9)5-2/h5,8-9H,6-7H2,1-4H3;4-8H2,1-3H3. The van der Waals surface area contributed by atoms with Crippen molar-refractivity contribution in [2.45, 2.75) is 53.9 Å². The maximum absolute atomic E-state index is 2.41. The molecule has 1 atom stereocenters. The van der Waals surface area contributed by atoms with Gasteiger partial charge in [0.1, 0.15) is 0 Å². The minimum Gasteiger partial charge on any atom is -0.302 e. The van der Waals surface area contributed by atoms with Crippen LogP contribution < -0.4 is 0 Å². The summed E-state index contributed by atoms with van der Waals surface area (Å²) in [6.45, 7) is 16.3. The molecule has 0 fully saturated rings. The number of likely N-dealkylation sites (N-methyl/N-ethyl adjacent to an activating group) is 2. The second-order valence-electron chi connectivity index (χ2n) is 7.38. The second kappa shape index (κ2) is 9.52. The van der Waals surface area contributed by atoms with Crippen LogP contribution in [0, 0.1) is 11.8 Å². The van der Waals surface area contributed by atoms with E-state index in [-0.39, 0.29) is 0 Å². The summed E-state index contributed by atoms with van der Waals surface area (Å²) in [6.07, 6.45) is 6.19. The van der Waals surface area contributed by atoms with E-state index in [0.29, 0.717) is 0 Å². The predicted octanol–water partition coefficient (Wildman–Crippen LogP) is 4.59. The average molecular weight is 307 g/mol. The number of hydrogen-bond donors (Lipinski definition) is 0. The van der Waals surface area contributed by atoms with Crippen molar-refractivity contribution in [2.24, 2.45) is 11.8 Å². The number of rotatable bonds is 3. The molecule has 2 rings (SSSR count). The first-order valence-corrected chi connectivity index (χ1v) is 9.15. The first-order chi connectivity index (χ1) is 10.4. The summed E-state index contributed by atoms with van der Waals surface area (Å²) in [4.78, 5) is 4.79. The lowest BCUT2D eigenvalue weighted by Crippen LogP contribution is -2.31. The molecule has 2 nitrogen and oxygen atoms in total. The van der Waals surface area contributed by atoms with E-state index in [9.17, 15) is 0 Å². The molecule has 0 aromatic carbocycles. The highest BCUT2D eigenvalue weighted by Gasteiger charge is 2.17. The van der Waals surface area contributed by atoms with E-state index in [2.05, 4.69) is 64.6 Å². The average Bonchev–Trinajstić information content (AvgIpc) is 2.47. The first-order valence-electron chi connectivity index (χ1n) is 9.15. The lowest BCUT2D eigenvalue weighted by molar-refractivity contribution is 0.301. The van der Waals surface area contributed by atoms with Crippen molar-refractivity contribution in [1.29, 1.82) is 0 Å². The van der Waals surface area contributed by atoms with E-state index in [1.165, 1.54) is 38.9 Å². The third kappa shape index (κ3) is 5.89. The molecule has 2 heterocycles. The van der Waals surface area contributed by atoms with Crippen LogP contribution in [0.1, 0.15) is 53.9 Å². The van der Waals surface area contributed by atoms with E-state index in [1.807, 2.05) is 0 Å². The largest absolute Gasteiger partial charge is 0.302 e. The van der Waals surface area contributed by atoms with Crippen molar-refractivity contribution >= 4 is 0 Å². The zero-order valence-corrected chi connectivity index (χ0v) is 16.1. The topological polar surface area (TPSA) is 6.48 Å². The lowest BCUT2D eigenvalue weighted by Gasteiger charge is -2.29. The molecule has 0 aromatic heterocycles. The molecule has 2 aliphatic rings.